The monoisotopic (exact) mass is 310 g/mol. The van der Waals surface area contributed by atoms with Gasteiger partial charge in [0.2, 0.25) is 0 Å². The van der Waals surface area contributed by atoms with E-state index in [9.17, 15) is 9.59 Å². The Morgan fingerprint density at radius 2 is 1.90 bits per heavy atom. The van der Waals surface area contributed by atoms with Crippen LogP contribution in [0.4, 0.5) is 5.69 Å². The fraction of sp³-hybridized carbons (Fsp3) is 0. The Morgan fingerprint density at radius 3 is 2.50 bits per heavy atom. The number of amides is 1. The summed E-state index contributed by atoms with van der Waals surface area (Å²) >= 11 is 11.5. The number of aromatic carboxylic acids is 1. The molecular weight excluding hydrogens is 303 g/mol. The predicted octanol–water partition coefficient (Wildman–Crippen LogP) is 3.34. The lowest BCUT2D eigenvalue weighted by molar-refractivity contribution is 0.0697. The first-order valence-corrected chi connectivity index (χ1v) is 6.20. The smallest absolute Gasteiger partial charge is 0.337 e. The number of rotatable bonds is 3. The Bertz CT molecular complexity index is 689. The summed E-state index contributed by atoms with van der Waals surface area (Å²) < 4.78 is 0. The third-order valence-corrected chi connectivity index (χ3v) is 2.93. The molecule has 0 saturated carbocycles. The van der Waals surface area contributed by atoms with Gasteiger partial charge in [0.25, 0.3) is 5.91 Å². The molecule has 2 aromatic rings. The van der Waals surface area contributed by atoms with Gasteiger partial charge in [-0.1, -0.05) is 29.3 Å². The number of carboxylic acids is 1. The number of hydrogen-bond donors (Lipinski definition) is 2. The molecule has 20 heavy (non-hydrogen) atoms. The number of benzene rings is 1. The van der Waals surface area contributed by atoms with Crippen LogP contribution in [-0.2, 0) is 0 Å². The van der Waals surface area contributed by atoms with Crippen LogP contribution in [0.15, 0.2) is 36.4 Å². The molecule has 0 bridgehead atoms. The first kappa shape index (κ1) is 14.3. The Hall–Kier alpha value is -2.11. The van der Waals surface area contributed by atoms with E-state index in [1.807, 2.05) is 0 Å². The zero-order valence-electron chi connectivity index (χ0n) is 9.93. The minimum Gasteiger partial charge on any atom is -0.478 e. The fourth-order valence-electron chi connectivity index (χ4n) is 1.50. The van der Waals surface area contributed by atoms with Crippen LogP contribution in [-0.4, -0.2) is 22.0 Å². The van der Waals surface area contributed by atoms with Gasteiger partial charge in [0.05, 0.1) is 10.6 Å². The van der Waals surface area contributed by atoms with Crippen molar-refractivity contribution in [1.29, 1.82) is 0 Å². The van der Waals surface area contributed by atoms with Gasteiger partial charge in [0, 0.05) is 5.69 Å². The van der Waals surface area contributed by atoms with Gasteiger partial charge in [0.15, 0.2) is 0 Å². The van der Waals surface area contributed by atoms with Crippen molar-refractivity contribution in [2.75, 3.05) is 5.32 Å². The Kier molecular flexibility index (Phi) is 4.22. The molecule has 0 atom stereocenters. The molecule has 0 spiro atoms. The summed E-state index contributed by atoms with van der Waals surface area (Å²) in [6.07, 6.45) is 0. The summed E-state index contributed by atoms with van der Waals surface area (Å²) in [5, 5.41) is 11.6. The number of carbonyl (C=O) groups excluding carboxylic acids is 1. The Balaban J connectivity index is 2.20. The van der Waals surface area contributed by atoms with E-state index in [0.29, 0.717) is 5.69 Å². The molecule has 0 unspecified atom stereocenters. The van der Waals surface area contributed by atoms with Gasteiger partial charge in [-0.15, -0.1) is 0 Å². The summed E-state index contributed by atoms with van der Waals surface area (Å²) in [7, 11) is 0. The molecule has 2 N–H and O–H groups in total. The maximum atomic E-state index is 11.9. The van der Waals surface area contributed by atoms with Crippen molar-refractivity contribution >= 4 is 40.8 Å². The Labute approximate surface area is 124 Å². The first-order valence-electron chi connectivity index (χ1n) is 5.44. The van der Waals surface area contributed by atoms with Crippen LogP contribution in [0.2, 0.25) is 10.2 Å². The number of pyridine rings is 1. The van der Waals surface area contributed by atoms with Crippen LogP contribution in [0.5, 0.6) is 0 Å². The molecule has 0 aliphatic carbocycles. The van der Waals surface area contributed by atoms with E-state index in [1.165, 1.54) is 24.3 Å². The lowest BCUT2D eigenvalue weighted by atomic mass is 10.2. The lowest BCUT2D eigenvalue weighted by Gasteiger charge is -2.06. The molecule has 7 heteroatoms. The molecule has 1 aromatic carbocycles. The van der Waals surface area contributed by atoms with E-state index < -0.39 is 11.9 Å². The van der Waals surface area contributed by atoms with Crippen LogP contribution < -0.4 is 5.32 Å². The van der Waals surface area contributed by atoms with Crippen molar-refractivity contribution in [1.82, 2.24) is 4.98 Å². The number of aromatic nitrogens is 1. The third kappa shape index (κ3) is 3.26. The second-order valence-corrected chi connectivity index (χ2v) is 4.59. The fourth-order valence-corrected chi connectivity index (χ4v) is 1.92. The Morgan fingerprint density at radius 1 is 1.15 bits per heavy atom. The van der Waals surface area contributed by atoms with E-state index >= 15 is 0 Å². The highest BCUT2D eigenvalue weighted by Gasteiger charge is 2.12. The van der Waals surface area contributed by atoms with E-state index in [0.717, 1.165) is 0 Å². The highest BCUT2D eigenvalue weighted by molar-refractivity contribution is 6.34. The number of carbonyl (C=O) groups is 2. The molecule has 1 aromatic heterocycles. The SMILES string of the molecule is O=C(Nc1ccc(C(=O)O)c(Cl)c1)c1cccc(Cl)n1. The molecule has 102 valence electrons. The molecule has 0 radical (unpaired) electrons. The first-order chi connectivity index (χ1) is 9.47. The zero-order valence-corrected chi connectivity index (χ0v) is 11.4. The number of anilines is 1. The van der Waals surface area contributed by atoms with Crippen molar-refractivity contribution in [3.63, 3.8) is 0 Å². The molecule has 5 nitrogen and oxygen atoms in total. The van der Waals surface area contributed by atoms with Crippen molar-refractivity contribution in [2.45, 2.75) is 0 Å². The second-order valence-electron chi connectivity index (χ2n) is 3.80. The molecule has 2 rings (SSSR count). The summed E-state index contributed by atoms with van der Waals surface area (Å²) in [5.74, 6) is -1.60. The van der Waals surface area contributed by atoms with Crippen LogP contribution in [0, 0.1) is 0 Å². The van der Waals surface area contributed by atoms with E-state index in [4.69, 9.17) is 28.3 Å². The van der Waals surface area contributed by atoms with Gasteiger partial charge in [-0.2, -0.15) is 0 Å². The van der Waals surface area contributed by atoms with Gasteiger partial charge in [-0.25, -0.2) is 9.78 Å². The van der Waals surface area contributed by atoms with E-state index in [-0.39, 0.29) is 21.4 Å². The average Bonchev–Trinajstić information content (AvgIpc) is 2.38. The van der Waals surface area contributed by atoms with Crippen molar-refractivity contribution in [3.05, 3.63) is 57.8 Å². The number of hydrogen-bond acceptors (Lipinski definition) is 3. The molecular formula is C13H8Cl2N2O3. The van der Waals surface area contributed by atoms with E-state index in [2.05, 4.69) is 10.3 Å². The minimum atomic E-state index is -1.13. The predicted molar refractivity (Wildman–Crippen MR) is 75.6 cm³/mol. The zero-order chi connectivity index (χ0) is 14.7. The quantitative estimate of drug-likeness (QED) is 0.852. The third-order valence-electron chi connectivity index (χ3n) is 2.41. The number of nitrogens with one attached hydrogen (secondary N) is 1. The van der Waals surface area contributed by atoms with Gasteiger partial charge in [-0.05, 0) is 30.3 Å². The molecule has 0 fully saturated rings. The number of halogens is 2. The molecule has 1 amide bonds. The highest BCUT2D eigenvalue weighted by atomic mass is 35.5. The maximum absolute atomic E-state index is 11.9. The van der Waals surface area contributed by atoms with Crippen LogP contribution in [0.1, 0.15) is 20.8 Å². The molecule has 0 saturated heterocycles. The van der Waals surface area contributed by atoms with Gasteiger partial charge >= 0.3 is 5.97 Å². The largest absolute Gasteiger partial charge is 0.478 e. The molecule has 0 aliphatic rings. The van der Waals surface area contributed by atoms with Crippen LogP contribution in [0.25, 0.3) is 0 Å². The van der Waals surface area contributed by atoms with Crippen molar-refractivity contribution in [3.8, 4) is 0 Å². The molecule has 0 aliphatic heterocycles. The average molecular weight is 311 g/mol. The minimum absolute atomic E-state index is 0.0364. The van der Waals surface area contributed by atoms with Crippen molar-refractivity contribution in [2.24, 2.45) is 0 Å². The maximum Gasteiger partial charge on any atom is 0.337 e. The normalized spacial score (nSPS) is 10.1. The van der Waals surface area contributed by atoms with Crippen LogP contribution in [0.3, 0.4) is 0 Å². The topological polar surface area (TPSA) is 79.3 Å². The van der Waals surface area contributed by atoms with Gasteiger partial charge < -0.3 is 10.4 Å². The summed E-state index contributed by atoms with van der Waals surface area (Å²) in [5.41, 5.74) is 0.480. The highest BCUT2D eigenvalue weighted by Crippen LogP contribution is 2.21. The number of carboxylic acid groups (broad SMARTS) is 1. The number of nitrogens with zero attached hydrogens (tertiary/aromatic N) is 1. The summed E-state index contributed by atoms with van der Waals surface area (Å²) in [6.45, 7) is 0. The van der Waals surface area contributed by atoms with Crippen molar-refractivity contribution < 1.29 is 14.7 Å². The summed E-state index contributed by atoms with van der Waals surface area (Å²) in [4.78, 5) is 26.6. The van der Waals surface area contributed by atoms with Crippen LogP contribution >= 0.6 is 23.2 Å². The van der Waals surface area contributed by atoms with E-state index in [1.54, 1.807) is 12.1 Å². The summed E-state index contributed by atoms with van der Waals surface area (Å²) in [6, 6.07) is 8.77. The van der Waals surface area contributed by atoms with Gasteiger partial charge in [-0.3, -0.25) is 4.79 Å². The second kappa shape index (κ2) is 5.90. The standard InChI is InChI=1S/C13H8Cl2N2O3/c14-9-6-7(4-5-8(9)13(19)20)16-12(18)10-2-1-3-11(15)17-10/h1-6H,(H,16,18)(H,19,20). The lowest BCUT2D eigenvalue weighted by Crippen LogP contribution is -2.13. The van der Waals surface area contributed by atoms with Gasteiger partial charge in [0.1, 0.15) is 10.8 Å². The molecule has 1 heterocycles.